The lowest BCUT2D eigenvalue weighted by Gasteiger charge is -2.14. The number of rotatable bonds is 7. The van der Waals surface area contributed by atoms with Crippen molar-refractivity contribution in [3.05, 3.63) is 59.9 Å². The molecular weight excluding hydrogens is 349 g/mol. The summed E-state index contributed by atoms with van der Waals surface area (Å²) in [4.78, 5) is 0.817. The first kappa shape index (κ1) is 19.2. The lowest BCUT2D eigenvalue weighted by Crippen LogP contribution is -2.04. The van der Waals surface area contributed by atoms with E-state index >= 15 is 0 Å². The number of nitrogens with one attached hydrogen (secondary N) is 1. The van der Waals surface area contributed by atoms with Gasteiger partial charge in [-0.15, -0.1) is 11.8 Å². The number of aliphatic hydroxyl groups excluding tert-OH is 1. The van der Waals surface area contributed by atoms with Crippen LogP contribution in [0.25, 0.3) is 5.70 Å². The van der Waals surface area contributed by atoms with Crippen molar-refractivity contribution >= 4 is 28.8 Å². The highest BCUT2D eigenvalue weighted by atomic mass is 32.2. The van der Waals surface area contributed by atoms with E-state index in [1.165, 1.54) is 11.8 Å². The van der Waals surface area contributed by atoms with Gasteiger partial charge in [0.15, 0.2) is 17.5 Å². The number of thioether (sulfide) groups is 1. The van der Waals surface area contributed by atoms with Gasteiger partial charge < -0.3 is 16.2 Å². The van der Waals surface area contributed by atoms with Crippen LogP contribution < -0.4 is 11.1 Å². The molecule has 0 aliphatic carbocycles. The van der Waals surface area contributed by atoms with Crippen LogP contribution in [0, 0.1) is 23.4 Å². The third kappa shape index (κ3) is 4.93. The first-order valence-corrected chi connectivity index (χ1v) is 8.54. The van der Waals surface area contributed by atoms with Crippen LogP contribution in [-0.2, 0) is 0 Å². The zero-order valence-electron chi connectivity index (χ0n) is 13.7. The number of hydrogen-bond acceptors (Lipinski definition) is 4. The Kier molecular flexibility index (Phi) is 6.39. The normalized spacial score (nSPS) is 12.0. The molecule has 0 aliphatic heterocycles. The van der Waals surface area contributed by atoms with Crippen molar-refractivity contribution in [2.45, 2.75) is 11.8 Å². The quantitative estimate of drug-likeness (QED) is 0.383. The molecule has 7 heteroatoms. The SMILES string of the molecule is C=C(Nc1cc(F)c(F)c(F)c1)c1ccc(N)c(SCC(C)CO)c1. The third-order valence-corrected chi connectivity index (χ3v) is 4.88. The highest BCUT2D eigenvalue weighted by Gasteiger charge is 2.12. The molecule has 1 unspecified atom stereocenters. The molecule has 2 rings (SSSR count). The zero-order valence-corrected chi connectivity index (χ0v) is 14.5. The molecule has 2 aromatic rings. The van der Waals surface area contributed by atoms with Crippen LogP contribution in [0.3, 0.4) is 0 Å². The van der Waals surface area contributed by atoms with E-state index in [0.29, 0.717) is 22.7 Å². The molecule has 3 nitrogen and oxygen atoms in total. The summed E-state index contributed by atoms with van der Waals surface area (Å²) < 4.78 is 39.6. The number of halogens is 3. The second-order valence-corrected chi connectivity index (χ2v) is 6.77. The minimum atomic E-state index is -1.51. The molecule has 0 spiro atoms. The molecule has 0 aliphatic rings. The van der Waals surface area contributed by atoms with Crippen LogP contribution in [0.15, 0.2) is 41.8 Å². The van der Waals surface area contributed by atoms with E-state index in [1.54, 1.807) is 18.2 Å². The van der Waals surface area contributed by atoms with Gasteiger partial charge in [-0.1, -0.05) is 19.6 Å². The molecule has 0 bridgehead atoms. The van der Waals surface area contributed by atoms with Crippen molar-refractivity contribution in [2.75, 3.05) is 23.4 Å². The van der Waals surface area contributed by atoms with Gasteiger partial charge in [-0.05, 0) is 23.6 Å². The fraction of sp³-hybridized carbons (Fsp3) is 0.222. The number of hydrogen-bond donors (Lipinski definition) is 3. The molecule has 0 aromatic heterocycles. The lowest BCUT2D eigenvalue weighted by molar-refractivity contribution is 0.250. The van der Waals surface area contributed by atoms with Crippen LogP contribution in [0.5, 0.6) is 0 Å². The molecule has 25 heavy (non-hydrogen) atoms. The zero-order chi connectivity index (χ0) is 18.6. The standard InChI is InChI=1S/C18H19F3N2OS/c1-10(8-24)9-25-17-5-12(3-4-16(17)22)11(2)23-13-6-14(19)18(21)15(20)7-13/h3-7,10,23-24H,2,8-9,22H2,1H3. The first-order valence-electron chi connectivity index (χ1n) is 7.55. The van der Waals surface area contributed by atoms with E-state index < -0.39 is 17.5 Å². The van der Waals surface area contributed by atoms with Gasteiger partial charge in [-0.25, -0.2) is 13.2 Å². The Balaban J connectivity index is 2.16. The monoisotopic (exact) mass is 368 g/mol. The smallest absolute Gasteiger partial charge is 0.194 e. The maximum atomic E-state index is 13.3. The summed E-state index contributed by atoms with van der Waals surface area (Å²) in [7, 11) is 0. The Morgan fingerprint density at radius 1 is 1.24 bits per heavy atom. The van der Waals surface area contributed by atoms with Crippen molar-refractivity contribution in [1.29, 1.82) is 0 Å². The van der Waals surface area contributed by atoms with Crippen LogP contribution in [-0.4, -0.2) is 17.5 Å². The molecule has 0 saturated carbocycles. The Morgan fingerprint density at radius 3 is 2.48 bits per heavy atom. The fourth-order valence-electron chi connectivity index (χ4n) is 2.01. The summed E-state index contributed by atoms with van der Waals surface area (Å²) in [6, 6.07) is 6.95. The van der Waals surface area contributed by atoms with Crippen molar-refractivity contribution < 1.29 is 18.3 Å². The van der Waals surface area contributed by atoms with Gasteiger partial charge in [0.2, 0.25) is 0 Å². The Bertz CT molecular complexity index is 760. The minimum absolute atomic E-state index is 0.0568. The van der Waals surface area contributed by atoms with Crippen LogP contribution in [0.2, 0.25) is 0 Å². The van der Waals surface area contributed by atoms with Crippen molar-refractivity contribution in [1.82, 2.24) is 0 Å². The Hall–Kier alpha value is -2.12. The molecule has 0 heterocycles. The van der Waals surface area contributed by atoms with E-state index in [2.05, 4.69) is 11.9 Å². The molecular formula is C18H19F3N2OS. The second-order valence-electron chi connectivity index (χ2n) is 5.71. The van der Waals surface area contributed by atoms with Gasteiger partial charge in [0.05, 0.1) is 0 Å². The van der Waals surface area contributed by atoms with Gasteiger partial charge in [0.25, 0.3) is 0 Å². The number of nitrogen functional groups attached to an aromatic ring is 1. The van der Waals surface area contributed by atoms with Crippen molar-refractivity contribution in [3.8, 4) is 0 Å². The van der Waals surface area contributed by atoms with E-state index in [4.69, 9.17) is 10.8 Å². The fourth-order valence-corrected chi connectivity index (χ4v) is 3.02. The lowest BCUT2D eigenvalue weighted by atomic mass is 10.1. The molecule has 1 atom stereocenters. The predicted octanol–water partition coefficient (Wildman–Crippen LogP) is 4.49. The number of nitrogens with two attached hydrogens (primary N) is 1. The van der Waals surface area contributed by atoms with E-state index in [0.717, 1.165) is 17.0 Å². The maximum absolute atomic E-state index is 13.3. The first-order chi connectivity index (χ1) is 11.8. The summed E-state index contributed by atoms with van der Waals surface area (Å²) >= 11 is 1.50. The van der Waals surface area contributed by atoms with Gasteiger partial charge in [0.1, 0.15) is 0 Å². The van der Waals surface area contributed by atoms with Gasteiger partial charge in [0, 0.05) is 46.5 Å². The summed E-state index contributed by atoms with van der Waals surface area (Å²) in [6.07, 6.45) is 0. The van der Waals surface area contributed by atoms with Crippen molar-refractivity contribution in [3.63, 3.8) is 0 Å². The molecule has 2 aromatic carbocycles. The van der Waals surface area contributed by atoms with Gasteiger partial charge in [-0.3, -0.25) is 0 Å². The number of aliphatic hydroxyl groups is 1. The minimum Gasteiger partial charge on any atom is -0.398 e. The second kappa shape index (κ2) is 8.31. The largest absolute Gasteiger partial charge is 0.398 e. The van der Waals surface area contributed by atoms with E-state index in [-0.39, 0.29) is 18.2 Å². The third-order valence-electron chi connectivity index (χ3n) is 3.48. The van der Waals surface area contributed by atoms with Gasteiger partial charge >= 0.3 is 0 Å². The number of anilines is 2. The topological polar surface area (TPSA) is 58.3 Å². The average Bonchev–Trinajstić information content (AvgIpc) is 2.58. The summed E-state index contributed by atoms with van der Waals surface area (Å²) in [5, 5.41) is 11.9. The van der Waals surface area contributed by atoms with Crippen LogP contribution in [0.1, 0.15) is 12.5 Å². The molecule has 0 radical (unpaired) electrons. The molecule has 0 saturated heterocycles. The van der Waals surface area contributed by atoms with Crippen molar-refractivity contribution in [2.24, 2.45) is 5.92 Å². The van der Waals surface area contributed by atoms with Crippen LogP contribution in [0.4, 0.5) is 24.5 Å². The molecule has 134 valence electrons. The van der Waals surface area contributed by atoms with E-state index in [1.807, 2.05) is 6.92 Å². The predicted molar refractivity (Wildman–Crippen MR) is 96.8 cm³/mol. The maximum Gasteiger partial charge on any atom is 0.194 e. The number of benzene rings is 2. The molecule has 0 fully saturated rings. The van der Waals surface area contributed by atoms with Gasteiger partial charge in [-0.2, -0.15) is 0 Å². The van der Waals surface area contributed by atoms with Crippen LogP contribution >= 0.6 is 11.8 Å². The Labute approximate surface area is 148 Å². The summed E-state index contributed by atoms with van der Waals surface area (Å²) in [5.41, 5.74) is 7.67. The Morgan fingerprint density at radius 2 is 1.88 bits per heavy atom. The molecule has 4 N–H and O–H groups in total. The average molecular weight is 368 g/mol. The van der Waals surface area contributed by atoms with E-state index in [9.17, 15) is 13.2 Å². The highest BCUT2D eigenvalue weighted by Crippen LogP contribution is 2.30. The molecule has 0 amide bonds. The summed E-state index contributed by atoms with van der Waals surface area (Å²) in [6.45, 7) is 5.85. The highest BCUT2D eigenvalue weighted by molar-refractivity contribution is 7.99. The summed E-state index contributed by atoms with van der Waals surface area (Å²) in [5.74, 6) is -3.25.